The lowest BCUT2D eigenvalue weighted by molar-refractivity contribution is -0.118. The van der Waals surface area contributed by atoms with E-state index >= 15 is 0 Å². The van der Waals surface area contributed by atoms with Crippen molar-refractivity contribution in [1.82, 2.24) is 0 Å². The molecule has 0 saturated heterocycles. The lowest BCUT2D eigenvalue weighted by atomic mass is 10.00. The van der Waals surface area contributed by atoms with E-state index in [1.54, 1.807) is 0 Å². The SMILES string of the molecule is O=C1COc2c(F)c(F)c(-c3c(F)cc(F)c(F)c3F)c(F)c2N1. The normalized spacial score (nSPS) is 13.4. The van der Waals surface area contributed by atoms with E-state index in [-0.39, 0.29) is 6.07 Å². The number of carbonyl (C=O) groups excluding carboxylic acids is 1. The molecule has 2 aromatic rings. The summed E-state index contributed by atoms with van der Waals surface area (Å²) in [5, 5.41) is 1.81. The molecule has 0 saturated carbocycles. The van der Waals surface area contributed by atoms with Crippen LogP contribution in [0.25, 0.3) is 11.1 Å². The number of hydrogen-bond acceptors (Lipinski definition) is 2. The second kappa shape index (κ2) is 5.39. The van der Waals surface area contributed by atoms with Crippen molar-refractivity contribution in [1.29, 1.82) is 0 Å². The molecule has 1 amide bonds. The molecule has 0 fully saturated rings. The van der Waals surface area contributed by atoms with Crippen molar-refractivity contribution in [3.63, 3.8) is 0 Å². The summed E-state index contributed by atoms with van der Waals surface area (Å²) >= 11 is 0. The van der Waals surface area contributed by atoms with E-state index in [2.05, 4.69) is 4.74 Å². The number of nitrogens with one attached hydrogen (secondary N) is 1. The topological polar surface area (TPSA) is 38.3 Å². The number of hydrogen-bond donors (Lipinski definition) is 1. The number of fused-ring (bicyclic) bond motifs is 1. The van der Waals surface area contributed by atoms with Crippen molar-refractivity contribution in [2.75, 3.05) is 11.9 Å². The molecule has 3 rings (SSSR count). The molecule has 126 valence electrons. The van der Waals surface area contributed by atoms with Crippen LogP contribution < -0.4 is 10.1 Å². The van der Waals surface area contributed by atoms with Crippen molar-refractivity contribution < 1.29 is 40.3 Å². The minimum atomic E-state index is -2.26. The van der Waals surface area contributed by atoms with Gasteiger partial charge in [0.25, 0.3) is 5.91 Å². The fourth-order valence-electron chi connectivity index (χ4n) is 2.22. The third-order valence-electron chi connectivity index (χ3n) is 3.25. The van der Waals surface area contributed by atoms with Gasteiger partial charge in [0.1, 0.15) is 11.5 Å². The average molecular weight is 351 g/mol. The molecule has 1 aliphatic rings. The van der Waals surface area contributed by atoms with Gasteiger partial charge in [-0.3, -0.25) is 4.79 Å². The predicted molar refractivity (Wildman–Crippen MR) is 65.7 cm³/mol. The minimum Gasteiger partial charge on any atom is -0.478 e. The summed E-state index contributed by atoms with van der Waals surface area (Å²) in [6.07, 6.45) is 0. The molecule has 0 atom stereocenters. The first-order valence-electron chi connectivity index (χ1n) is 6.20. The smallest absolute Gasteiger partial charge is 0.262 e. The van der Waals surface area contributed by atoms with Crippen LogP contribution in [0.5, 0.6) is 5.75 Å². The van der Waals surface area contributed by atoms with Crippen molar-refractivity contribution >= 4 is 11.6 Å². The van der Waals surface area contributed by atoms with Gasteiger partial charge in [-0.25, -0.2) is 26.3 Å². The molecule has 1 heterocycles. The number of rotatable bonds is 1. The maximum Gasteiger partial charge on any atom is 0.262 e. The number of anilines is 1. The van der Waals surface area contributed by atoms with Gasteiger partial charge in [-0.1, -0.05) is 0 Å². The van der Waals surface area contributed by atoms with Crippen molar-refractivity contribution in [3.05, 3.63) is 46.8 Å². The monoisotopic (exact) mass is 351 g/mol. The molecule has 0 spiro atoms. The highest BCUT2D eigenvalue weighted by atomic mass is 19.2. The van der Waals surface area contributed by atoms with E-state index in [9.17, 15) is 35.5 Å². The molecular weight excluding hydrogens is 347 g/mol. The van der Waals surface area contributed by atoms with Crippen LogP contribution in [-0.2, 0) is 4.79 Å². The molecule has 10 heteroatoms. The standard InChI is InChI=1S/C14H4F7NO2/c15-3-1-4(16)8(17)9(18)6(3)7-10(19)12(21)14-13(11(7)20)22-5(23)2-24-14/h1H,2H2,(H,22,23). The highest BCUT2D eigenvalue weighted by Crippen LogP contribution is 2.43. The highest BCUT2D eigenvalue weighted by Gasteiger charge is 2.34. The van der Waals surface area contributed by atoms with Gasteiger partial charge in [-0.15, -0.1) is 0 Å². The molecule has 1 N–H and O–H groups in total. The fourth-order valence-corrected chi connectivity index (χ4v) is 2.22. The first-order valence-corrected chi connectivity index (χ1v) is 6.20. The summed E-state index contributed by atoms with van der Waals surface area (Å²) in [6, 6.07) is -0.154. The Bertz CT molecular complexity index is 898. The van der Waals surface area contributed by atoms with Crippen molar-refractivity contribution in [2.24, 2.45) is 0 Å². The second-order valence-electron chi connectivity index (χ2n) is 4.70. The van der Waals surface area contributed by atoms with Gasteiger partial charge in [0.05, 0.1) is 11.1 Å². The van der Waals surface area contributed by atoms with E-state index in [1.807, 2.05) is 5.32 Å². The summed E-state index contributed by atoms with van der Waals surface area (Å²) in [7, 11) is 0. The average Bonchev–Trinajstić information content (AvgIpc) is 2.53. The quantitative estimate of drug-likeness (QED) is 0.484. The van der Waals surface area contributed by atoms with Crippen molar-refractivity contribution in [3.8, 4) is 16.9 Å². The van der Waals surface area contributed by atoms with Gasteiger partial charge in [-0.2, -0.15) is 4.39 Å². The van der Waals surface area contributed by atoms with Gasteiger partial charge in [0, 0.05) is 6.07 Å². The first kappa shape index (κ1) is 16.1. The van der Waals surface area contributed by atoms with Gasteiger partial charge < -0.3 is 10.1 Å². The Kier molecular flexibility index (Phi) is 3.61. The Morgan fingerprint density at radius 1 is 0.792 bits per heavy atom. The minimum absolute atomic E-state index is 0.154. The zero-order valence-electron chi connectivity index (χ0n) is 11.2. The second-order valence-corrected chi connectivity index (χ2v) is 4.70. The summed E-state index contributed by atoms with van der Waals surface area (Å²) in [4.78, 5) is 11.2. The van der Waals surface area contributed by atoms with Gasteiger partial charge in [0.15, 0.2) is 41.4 Å². The van der Waals surface area contributed by atoms with Crippen LogP contribution in [0.1, 0.15) is 0 Å². The summed E-state index contributed by atoms with van der Waals surface area (Å²) in [5.74, 6) is -16.0. The fraction of sp³-hybridized carbons (Fsp3) is 0.0714. The molecule has 3 nitrogen and oxygen atoms in total. The molecule has 0 radical (unpaired) electrons. The number of ether oxygens (including phenoxy) is 1. The maximum absolute atomic E-state index is 14.4. The third-order valence-corrected chi connectivity index (χ3v) is 3.25. The molecule has 2 aromatic carbocycles. The molecule has 0 bridgehead atoms. The van der Waals surface area contributed by atoms with E-state index < -0.39 is 75.8 Å². The van der Waals surface area contributed by atoms with Crippen LogP contribution in [0.3, 0.4) is 0 Å². The Labute approximate surface area is 128 Å². The van der Waals surface area contributed by atoms with E-state index in [0.29, 0.717) is 0 Å². The molecule has 1 aliphatic heterocycles. The zero-order chi connectivity index (χ0) is 17.8. The Balaban J connectivity index is 2.39. The largest absolute Gasteiger partial charge is 0.478 e. The summed E-state index contributed by atoms with van der Waals surface area (Å²) < 4.78 is 101. The summed E-state index contributed by atoms with van der Waals surface area (Å²) in [5.41, 5.74) is -4.32. The van der Waals surface area contributed by atoms with E-state index in [1.165, 1.54) is 0 Å². The zero-order valence-corrected chi connectivity index (χ0v) is 11.2. The third kappa shape index (κ3) is 2.17. The van der Waals surface area contributed by atoms with E-state index in [4.69, 9.17) is 0 Å². The van der Waals surface area contributed by atoms with Gasteiger partial charge in [-0.05, 0) is 0 Å². The lowest BCUT2D eigenvalue weighted by Gasteiger charge is -2.21. The van der Waals surface area contributed by atoms with Crippen LogP contribution in [0.4, 0.5) is 36.4 Å². The summed E-state index contributed by atoms with van der Waals surface area (Å²) in [6.45, 7) is -0.740. The van der Waals surface area contributed by atoms with Gasteiger partial charge in [0.2, 0.25) is 5.82 Å². The Hall–Kier alpha value is -2.78. The van der Waals surface area contributed by atoms with Crippen LogP contribution in [0, 0.1) is 40.7 Å². The first-order chi connectivity index (χ1) is 11.2. The molecule has 0 aromatic heterocycles. The molecule has 0 unspecified atom stereocenters. The Morgan fingerprint density at radius 2 is 1.42 bits per heavy atom. The van der Waals surface area contributed by atoms with Crippen LogP contribution in [0.15, 0.2) is 6.07 Å². The highest BCUT2D eigenvalue weighted by molar-refractivity contribution is 5.96. The number of carbonyl (C=O) groups is 1. The van der Waals surface area contributed by atoms with Gasteiger partial charge >= 0.3 is 0 Å². The molecule has 24 heavy (non-hydrogen) atoms. The lowest BCUT2D eigenvalue weighted by Crippen LogP contribution is -2.27. The predicted octanol–water partition coefficient (Wildman–Crippen LogP) is 3.66. The molecule has 0 aliphatic carbocycles. The Morgan fingerprint density at radius 3 is 2.08 bits per heavy atom. The number of amides is 1. The maximum atomic E-state index is 14.4. The van der Waals surface area contributed by atoms with Crippen LogP contribution >= 0.6 is 0 Å². The van der Waals surface area contributed by atoms with Crippen molar-refractivity contribution in [2.45, 2.75) is 0 Å². The van der Waals surface area contributed by atoms with Crippen LogP contribution in [-0.4, -0.2) is 12.5 Å². The number of benzene rings is 2. The number of halogens is 7. The van der Waals surface area contributed by atoms with E-state index in [0.717, 1.165) is 0 Å². The molecular formula is C14H4F7NO2. The van der Waals surface area contributed by atoms with Crippen LogP contribution in [0.2, 0.25) is 0 Å².